The second kappa shape index (κ2) is 5.17. The summed E-state index contributed by atoms with van der Waals surface area (Å²) < 4.78 is 20.1. The minimum absolute atomic E-state index is 0.244. The Morgan fingerprint density at radius 2 is 1.65 bits per heavy atom. The minimum Gasteiger partial charge on any atom is -0.359 e. The van der Waals surface area contributed by atoms with Crippen molar-refractivity contribution in [3.8, 4) is 0 Å². The SMILES string of the molecule is O=C(c1ccccc1)[C@]1(c2ccccc2)OCC[C@@H]1F. The summed E-state index contributed by atoms with van der Waals surface area (Å²) in [6, 6.07) is 17.7. The fourth-order valence-electron chi connectivity index (χ4n) is 2.71. The van der Waals surface area contributed by atoms with Gasteiger partial charge in [-0.1, -0.05) is 60.7 Å². The van der Waals surface area contributed by atoms with E-state index in [0.717, 1.165) is 0 Å². The van der Waals surface area contributed by atoms with Gasteiger partial charge in [0.1, 0.15) is 6.17 Å². The summed E-state index contributed by atoms with van der Waals surface area (Å²) in [5.74, 6) is -0.311. The molecule has 2 nitrogen and oxygen atoms in total. The molecule has 2 aromatic carbocycles. The molecule has 0 saturated carbocycles. The van der Waals surface area contributed by atoms with E-state index in [9.17, 15) is 9.18 Å². The highest BCUT2D eigenvalue weighted by molar-refractivity contribution is 6.03. The minimum atomic E-state index is -1.50. The first kappa shape index (κ1) is 13.0. The lowest BCUT2D eigenvalue weighted by atomic mass is 9.82. The van der Waals surface area contributed by atoms with Crippen molar-refractivity contribution in [1.29, 1.82) is 0 Å². The molecule has 1 fully saturated rings. The van der Waals surface area contributed by atoms with Crippen LogP contribution in [0.25, 0.3) is 0 Å². The van der Waals surface area contributed by atoms with Gasteiger partial charge in [0.25, 0.3) is 0 Å². The van der Waals surface area contributed by atoms with Gasteiger partial charge in [-0.25, -0.2) is 4.39 Å². The van der Waals surface area contributed by atoms with Gasteiger partial charge >= 0.3 is 0 Å². The van der Waals surface area contributed by atoms with E-state index in [1.165, 1.54) is 0 Å². The van der Waals surface area contributed by atoms with Crippen molar-refractivity contribution in [1.82, 2.24) is 0 Å². The third-order valence-corrected chi connectivity index (χ3v) is 3.72. The molecule has 2 atom stereocenters. The number of alkyl halides is 1. The molecule has 0 bridgehead atoms. The number of hydrogen-bond donors (Lipinski definition) is 0. The summed E-state index contributed by atoms with van der Waals surface area (Å²) >= 11 is 0. The summed E-state index contributed by atoms with van der Waals surface area (Å²) in [7, 11) is 0. The predicted octanol–water partition coefficient (Wildman–Crippen LogP) is 3.52. The molecule has 1 heterocycles. The molecule has 102 valence electrons. The number of halogens is 1. The maximum absolute atomic E-state index is 14.5. The van der Waals surface area contributed by atoms with Crippen molar-refractivity contribution in [2.24, 2.45) is 0 Å². The quantitative estimate of drug-likeness (QED) is 0.798. The number of hydrogen-bond acceptors (Lipinski definition) is 2. The molecule has 1 aliphatic heterocycles. The average Bonchev–Trinajstić information content (AvgIpc) is 2.91. The van der Waals surface area contributed by atoms with E-state index in [0.29, 0.717) is 11.1 Å². The zero-order valence-electron chi connectivity index (χ0n) is 11.0. The van der Waals surface area contributed by atoms with Crippen molar-refractivity contribution < 1.29 is 13.9 Å². The highest BCUT2D eigenvalue weighted by Gasteiger charge is 2.52. The van der Waals surface area contributed by atoms with Crippen molar-refractivity contribution in [2.75, 3.05) is 6.61 Å². The maximum atomic E-state index is 14.5. The van der Waals surface area contributed by atoms with E-state index >= 15 is 0 Å². The average molecular weight is 270 g/mol. The summed E-state index contributed by atoms with van der Waals surface area (Å²) in [5, 5.41) is 0. The number of benzene rings is 2. The molecule has 0 aliphatic carbocycles. The summed E-state index contributed by atoms with van der Waals surface area (Å²) in [5.41, 5.74) is -0.442. The van der Waals surface area contributed by atoms with E-state index < -0.39 is 11.8 Å². The summed E-state index contributed by atoms with van der Waals surface area (Å²) in [6.07, 6.45) is -1.08. The highest BCUT2D eigenvalue weighted by Crippen LogP contribution is 2.41. The Hall–Kier alpha value is -2.00. The number of carbonyl (C=O) groups is 1. The van der Waals surface area contributed by atoms with Crippen LogP contribution in [0.5, 0.6) is 0 Å². The first-order valence-electron chi connectivity index (χ1n) is 6.68. The second-order valence-electron chi connectivity index (χ2n) is 4.90. The molecule has 0 radical (unpaired) electrons. The van der Waals surface area contributed by atoms with Crippen LogP contribution in [0.3, 0.4) is 0 Å². The number of carbonyl (C=O) groups excluding carboxylic acids is 1. The largest absolute Gasteiger partial charge is 0.359 e. The molecule has 0 spiro atoms. The molecule has 3 rings (SSSR count). The Bertz CT molecular complexity index is 597. The first-order valence-corrected chi connectivity index (χ1v) is 6.68. The normalized spacial score (nSPS) is 25.6. The molecular weight excluding hydrogens is 255 g/mol. The number of rotatable bonds is 3. The Morgan fingerprint density at radius 1 is 1.05 bits per heavy atom. The summed E-state index contributed by atoms with van der Waals surface area (Å²) in [4.78, 5) is 12.8. The molecule has 0 amide bonds. The van der Waals surface area contributed by atoms with Crippen LogP contribution in [-0.4, -0.2) is 18.6 Å². The zero-order chi connectivity index (χ0) is 14.0. The van der Waals surface area contributed by atoms with E-state index in [1.807, 2.05) is 12.1 Å². The molecule has 0 unspecified atom stereocenters. The van der Waals surface area contributed by atoms with Crippen LogP contribution in [0, 0.1) is 0 Å². The number of Topliss-reactive ketones (excluding diaryl/α,β-unsaturated/α-hetero) is 1. The van der Waals surface area contributed by atoms with Gasteiger partial charge in [-0.15, -0.1) is 0 Å². The summed E-state index contributed by atoms with van der Waals surface area (Å²) in [6.45, 7) is 0.259. The lowest BCUT2D eigenvalue weighted by Crippen LogP contribution is -2.42. The van der Waals surface area contributed by atoms with E-state index in [-0.39, 0.29) is 18.8 Å². The molecule has 0 N–H and O–H groups in total. The Kier molecular flexibility index (Phi) is 3.36. The predicted molar refractivity (Wildman–Crippen MR) is 74.4 cm³/mol. The van der Waals surface area contributed by atoms with Gasteiger partial charge in [0.15, 0.2) is 5.60 Å². The molecule has 1 aliphatic rings. The maximum Gasteiger partial charge on any atom is 0.202 e. The molecular formula is C17H15FO2. The van der Waals surface area contributed by atoms with E-state index in [2.05, 4.69) is 0 Å². The van der Waals surface area contributed by atoms with Crippen molar-refractivity contribution in [2.45, 2.75) is 18.2 Å². The number of ketones is 1. The monoisotopic (exact) mass is 270 g/mol. The molecule has 3 heteroatoms. The van der Waals surface area contributed by atoms with Crippen molar-refractivity contribution >= 4 is 5.78 Å². The van der Waals surface area contributed by atoms with Crippen LogP contribution in [0.2, 0.25) is 0 Å². The van der Waals surface area contributed by atoms with Crippen LogP contribution in [-0.2, 0) is 10.3 Å². The molecule has 2 aromatic rings. The van der Waals surface area contributed by atoms with Crippen LogP contribution < -0.4 is 0 Å². The van der Waals surface area contributed by atoms with E-state index in [1.54, 1.807) is 48.5 Å². The fraction of sp³-hybridized carbons (Fsp3) is 0.235. The van der Waals surface area contributed by atoms with Crippen molar-refractivity contribution in [3.63, 3.8) is 0 Å². The van der Waals surface area contributed by atoms with Crippen LogP contribution in [0.15, 0.2) is 60.7 Å². The van der Waals surface area contributed by atoms with Crippen molar-refractivity contribution in [3.05, 3.63) is 71.8 Å². The zero-order valence-corrected chi connectivity index (χ0v) is 11.0. The highest BCUT2D eigenvalue weighted by atomic mass is 19.1. The lowest BCUT2D eigenvalue weighted by Gasteiger charge is -2.29. The van der Waals surface area contributed by atoms with Crippen LogP contribution in [0.1, 0.15) is 22.3 Å². The van der Waals surface area contributed by atoms with Crippen LogP contribution >= 0.6 is 0 Å². The fourth-order valence-corrected chi connectivity index (χ4v) is 2.71. The van der Waals surface area contributed by atoms with Crippen LogP contribution in [0.4, 0.5) is 4.39 Å². The molecule has 0 aromatic heterocycles. The third-order valence-electron chi connectivity index (χ3n) is 3.72. The van der Waals surface area contributed by atoms with Gasteiger partial charge in [0.2, 0.25) is 5.78 Å². The Labute approximate surface area is 117 Å². The van der Waals surface area contributed by atoms with Gasteiger partial charge in [-0.05, 0) is 5.56 Å². The van der Waals surface area contributed by atoms with Gasteiger partial charge in [-0.3, -0.25) is 4.79 Å². The first-order chi connectivity index (χ1) is 9.75. The van der Waals surface area contributed by atoms with Gasteiger partial charge in [-0.2, -0.15) is 0 Å². The Balaban J connectivity index is 2.10. The molecule has 1 saturated heterocycles. The molecule has 20 heavy (non-hydrogen) atoms. The van der Waals surface area contributed by atoms with E-state index in [4.69, 9.17) is 4.74 Å². The lowest BCUT2D eigenvalue weighted by molar-refractivity contribution is -0.0168. The standard InChI is InChI=1S/C17H15FO2/c18-15-11-12-20-17(15,14-9-5-2-6-10-14)16(19)13-7-3-1-4-8-13/h1-10,15H,11-12H2/t15-,17+/m0/s1. The van der Waals surface area contributed by atoms with Gasteiger partial charge in [0.05, 0.1) is 6.61 Å². The third kappa shape index (κ3) is 1.95. The number of ether oxygens (including phenoxy) is 1. The second-order valence-corrected chi connectivity index (χ2v) is 4.90. The van der Waals surface area contributed by atoms with Gasteiger partial charge in [0, 0.05) is 12.0 Å². The smallest absolute Gasteiger partial charge is 0.202 e. The van der Waals surface area contributed by atoms with Gasteiger partial charge < -0.3 is 4.74 Å². The Morgan fingerprint density at radius 3 is 2.20 bits per heavy atom. The topological polar surface area (TPSA) is 26.3 Å².